The van der Waals surface area contributed by atoms with Crippen molar-refractivity contribution in [2.45, 2.75) is 85.0 Å². The molecule has 0 radical (unpaired) electrons. The Morgan fingerprint density at radius 2 is 1.29 bits per heavy atom. The van der Waals surface area contributed by atoms with Crippen molar-refractivity contribution in [3.8, 4) is 0 Å². The van der Waals surface area contributed by atoms with Crippen LogP contribution < -0.4 is 0 Å². The van der Waals surface area contributed by atoms with Crippen molar-refractivity contribution in [2.75, 3.05) is 0 Å². The molecule has 17 heavy (non-hydrogen) atoms. The number of rotatable bonds is 11. The maximum Gasteiger partial charge on any atom is -0.0348 e. The molecule has 0 aromatic carbocycles. The average molecular weight is 236 g/mol. The molecule has 0 bridgehead atoms. The summed E-state index contributed by atoms with van der Waals surface area (Å²) in [5.41, 5.74) is 1.64. The standard InChI is InChI=1S/C17H32/c1-4-7-8-9-10-11-12-13-14-15-16-17(5-2)6-3/h4,7,16H,5-6,8-15H2,1-3H3/b7-4+. The molecule has 0 nitrogen and oxygen atoms in total. The van der Waals surface area contributed by atoms with Gasteiger partial charge in [0.25, 0.3) is 0 Å². The Bertz CT molecular complexity index is 192. The van der Waals surface area contributed by atoms with Gasteiger partial charge >= 0.3 is 0 Å². The lowest BCUT2D eigenvalue weighted by Gasteiger charge is -2.01. The zero-order valence-electron chi connectivity index (χ0n) is 12.3. The van der Waals surface area contributed by atoms with E-state index < -0.39 is 0 Å². The molecule has 0 N–H and O–H groups in total. The molecule has 0 aliphatic heterocycles. The lowest BCUT2D eigenvalue weighted by atomic mass is 10.1. The van der Waals surface area contributed by atoms with Gasteiger partial charge in [-0.3, -0.25) is 0 Å². The van der Waals surface area contributed by atoms with Crippen LogP contribution in [0.2, 0.25) is 0 Å². The van der Waals surface area contributed by atoms with Crippen LogP contribution in [0.15, 0.2) is 23.8 Å². The summed E-state index contributed by atoms with van der Waals surface area (Å²) in [5.74, 6) is 0. The van der Waals surface area contributed by atoms with Crippen LogP contribution in [-0.4, -0.2) is 0 Å². The molecule has 0 saturated carbocycles. The van der Waals surface area contributed by atoms with Gasteiger partial charge in [-0.05, 0) is 45.4 Å². The van der Waals surface area contributed by atoms with Gasteiger partial charge in [-0.15, -0.1) is 0 Å². The molecule has 0 aliphatic rings. The number of unbranched alkanes of at least 4 members (excludes halogenated alkanes) is 7. The van der Waals surface area contributed by atoms with E-state index in [2.05, 4.69) is 39.0 Å². The average Bonchev–Trinajstić information content (AvgIpc) is 2.36. The molecule has 0 heterocycles. The van der Waals surface area contributed by atoms with Gasteiger partial charge in [0.05, 0.1) is 0 Å². The summed E-state index contributed by atoms with van der Waals surface area (Å²) in [7, 11) is 0. The van der Waals surface area contributed by atoms with E-state index in [0.717, 1.165) is 0 Å². The third-order valence-corrected chi connectivity index (χ3v) is 3.40. The molecule has 0 rings (SSSR count). The van der Waals surface area contributed by atoms with Gasteiger partial charge in [0, 0.05) is 0 Å². The molecular formula is C17H32. The third kappa shape index (κ3) is 11.7. The number of hydrogen-bond donors (Lipinski definition) is 0. The van der Waals surface area contributed by atoms with Crippen molar-refractivity contribution in [1.29, 1.82) is 0 Å². The summed E-state index contributed by atoms with van der Waals surface area (Å²) in [4.78, 5) is 0. The second kappa shape index (κ2) is 13.5. The maximum atomic E-state index is 2.46. The van der Waals surface area contributed by atoms with E-state index in [1.807, 2.05) is 0 Å². The summed E-state index contributed by atoms with van der Waals surface area (Å²) in [6, 6.07) is 0. The molecule has 0 aliphatic carbocycles. The van der Waals surface area contributed by atoms with Gasteiger partial charge in [0.1, 0.15) is 0 Å². The molecule has 0 atom stereocenters. The first-order valence-corrected chi connectivity index (χ1v) is 7.64. The van der Waals surface area contributed by atoms with Crippen molar-refractivity contribution >= 4 is 0 Å². The van der Waals surface area contributed by atoms with Crippen molar-refractivity contribution in [2.24, 2.45) is 0 Å². The summed E-state index contributed by atoms with van der Waals surface area (Å²) in [6.45, 7) is 6.63. The van der Waals surface area contributed by atoms with Crippen molar-refractivity contribution < 1.29 is 0 Å². The van der Waals surface area contributed by atoms with Crippen LogP contribution in [0.3, 0.4) is 0 Å². The molecule has 0 amide bonds. The summed E-state index contributed by atoms with van der Waals surface area (Å²) in [6.07, 6.45) is 20.4. The summed E-state index contributed by atoms with van der Waals surface area (Å²) in [5, 5.41) is 0. The maximum absolute atomic E-state index is 2.46. The van der Waals surface area contributed by atoms with Gasteiger partial charge in [-0.2, -0.15) is 0 Å². The van der Waals surface area contributed by atoms with Gasteiger partial charge in [0.15, 0.2) is 0 Å². The largest absolute Gasteiger partial charge is 0.0917 e. The Kier molecular flexibility index (Phi) is 13.1. The predicted molar refractivity (Wildman–Crippen MR) is 80.4 cm³/mol. The number of hydrogen-bond acceptors (Lipinski definition) is 0. The first-order chi connectivity index (χ1) is 8.35. The van der Waals surface area contributed by atoms with Crippen molar-refractivity contribution in [3.05, 3.63) is 23.8 Å². The van der Waals surface area contributed by atoms with E-state index >= 15 is 0 Å². The van der Waals surface area contributed by atoms with E-state index in [-0.39, 0.29) is 0 Å². The van der Waals surface area contributed by atoms with Gasteiger partial charge < -0.3 is 0 Å². The molecule has 0 spiro atoms. The van der Waals surface area contributed by atoms with Crippen molar-refractivity contribution in [1.82, 2.24) is 0 Å². The Morgan fingerprint density at radius 3 is 1.82 bits per heavy atom. The first-order valence-electron chi connectivity index (χ1n) is 7.64. The highest BCUT2D eigenvalue weighted by atomic mass is 14.0. The smallest absolute Gasteiger partial charge is 0.0348 e. The van der Waals surface area contributed by atoms with Crippen LogP contribution in [0.5, 0.6) is 0 Å². The van der Waals surface area contributed by atoms with Gasteiger partial charge in [0.2, 0.25) is 0 Å². The molecule has 0 fully saturated rings. The van der Waals surface area contributed by atoms with E-state index in [9.17, 15) is 0 Å². The van der Waals surface area contributed by atoms with Crippen LogP contribution in [0.4, 0.5) is 0 Å². The van der Waals surface area contributed by atoms with Crippen molar-refractivity contribution in [3.63, 3.8) is 0 Å². The van der Waals surface area contributed by atoms with Crippen LogP contribution >= 0.6 is 0 Å². The van der Waals surface area contributed by atoms with Crippen LogP contribution in [0.25, 0.3) is 0 Å². The second-order valence-electron chi connectivity index (χ2n) is 4.84. The van der Waals surface area contributed by atoms with E-state index in [4.69, 9.17) is 0 Å². The van der Waals surface area contributed by atoms with Crippen LogP contribution in [0.1, 0.15) is 85.0 Å². The lowest BCUT2D eigenvalue weighted by molar-refractivity contribution is 0.599. The highest BCUT2D eigenvalue weighted by Gasteiger charge is 1.92. The molecule has 100 valence electrons. The molecule has 0 saturated heterocycles. The van der Waals surface area contributed by atoms with Gasteiger partial charge in [-0.1, -0.05) is 63.3 Å². The first kappa shape index (κ1) is 16.5. The fourth-order valence-electron chi connectivity index (χ4n) is 2.13. The Hall–Kier alpha value is -0.520. The van der Waals surface area contributed by atoms with Crippen LogP contribution in [-0.2, 0) is 0 Å². The topological polar surface area (TPSA) is 0 Å². The van der Waals surface area contributed by atoms with Gasteiger partial charge in [-0.25, -0.2) is 0 Å². The summed E-state index contributed by atoms with van der Waals surface area (Å²) < 4.78 is 0. The number of allylic oxidation sites excluding steroid dienone is 4. The fourth-order valence-corrected chi connectivity index (χ4v) is 2.13. The molecular weight excluding hydrogens is 204 g/mol. The quantitative estimate of drug-likeness (QED) is 0.286. The summed E-state index contributed by atoms with van der Waals surface area (Å²) >= 11 is 0. The van der Waals surface area contributed by atoms with Crippen LogP contribution in [0, 0.1) is 0 Å². The molecule has 0 unspecified atom stereocenters. The minimum atomic E-state index is 1.24. The monoisotopic (exact) mass is 236 g/mol. The minimum Gasteiger partial charge on any atom is -0.0917 e. The SMILES string of the molecule is C/C=C/CCCCCCCCC=C(CC)CC. The molecule has 0 aromatic heterocycles. The third-order valence-electron chi connectivity index (χ3n) is 3.40. The highest BCUT2D eigenvalue weighted by molar-refractivity contribution is 4.99. The molecule has 0 aromatic rings. The molecule has 0 heteroatoms. The lowest BCUT2D eigenvalue weighted by Crippen LogP contribution is -1.81. The minimum absolute atomic E-state index is 1.24. The van der Waals surface area contributed by atoms with E-state index in [1.165, 1.54) is 64.2 Å². The normalized spacial score (nSPS) is 11.0. The Labute approximate surface area is 109 Å². The van der Waals surface area contributed by atoms with E-state index in [0.29, 0.717) is 0 Å². The zero-order chi connectivity index (χ0) is 12.8. The van der Waals surface area contributed by atoms with E-state index in [1.54, 1.807) is 5.57 Å². The zero-order valence-corrected chi connectivity index (χ0v) is 12.3. The Morgan fingerprint density at radius 1 is 0.765 bits per heavy atom. The Balaban J connectivity index is 3.21. The fraction of sp³-hybridized carbons (Fsp3) is 0.765. The second-order valence-corrected chi connectivity index (χ2v) is 4.84. The predicted octanol–water partition coefficient (Wildman–Crippen LogP) is 6.43. The highest BCUT2D eigenvalue weighted by Crippen LogP contribution is 2.12.